The van der Waals surface area contributed by atoms with Crippen LogP contribution in [0.15, 0.2) is 30.5 Å². The van der Waals surface area contributed by atoms with E-state index in [-0.39, 0.29) is 52.5 Å². The Kier molecular flexibility index (Phi) is 7.26. The predicted octanol–water partition coefficient (Wildman–Crippen LogP) is 4.38. The average Bonchev–Trinajstić information content (AvgIpc) is 3.68. The molecule has 3 fully saturated rings. The molecule has 1 aromatic carbocycles. The minimum absolute atomic E-state index is 0.0370. The van der Waals surface area contributed by atoms with Gasteiger partial charge in [-0.1, -0.05) is 0 Å². The van der Waals surface area contributed by atoms with E-state index in [0.717, 1.165) is 44.3 Å². The van der Waals surface area contributed by atoms with E-state index in [1.54, 1.807) is 13.1 Å². The van der Waals surface area contributed by atoms with Crippen molar-refractivity contribution >= 4 is 29.1 Å². The van der Waals surface area contributed by atoms with E-state index >= 15 is 0 Å². The van der Waals surface area contributed by atoms with E-state index in [1.165, 1.54) is 12.1 Å². The van der Waals surface area contributed by atoms with Gasteiger partial charge < -0.3 is 21.3 Å². The number of Topliss-reactive ketones (excluding diaryl/α,β-unsaturated/α-hetero) is 1. The van der Waals surface area contributed by atoms with Crippen molar-refractivity contribution in [2.75, 3.05) is 16.8 Å². The standard InChI is InChI=1S/C28H32F3N5O3/c1-15-10-22(26(32)38)23(33-9-8-28(29,30)31)13-21(15)27(39)35-18-11-19-5-6-20(12-18)36(19)24-7-4-17(14-34-24)25(37)16-2-3-16/h4,7,10,13-14,16,18-20,33H,2-3,5-6,8-9,11-12H2,1H3,(H2,32,38)(H,35,39). The first-order valence-electron chi connectivity index (χ1n) is 13.3. The molecule has 11 heteroatoms. The number of carbonyl (C=O) groups excluding carboxylic acids is 3. The summed E-state index contributed by atoms with van der Waals surface area (Å²) >= 11 is 0. The summed E-state index contributed by atoms with van der Waals surface area (Å²) in [6.45, 7) is 1.22. The molecule has 1 aliphatic carbocycles. The van der Waals surface area contributed by atoms with Gasteiger partial charge in [-0.15, -0.1) is 0 Å². The number of carbonyl (C=O) groups is 3. The number of benzene rings is 1. The number of piperidine rings is 1. The van der Waals surface area contributed by atoms with Crippen molar-refractivity contribution in [1.82, 2.24) is 10.3 Å². The summed E-state index contributed by atoms with van der Waals surface area (Å²) in [5.74, 6) is 0.0160. The smallest absolute Gasteiger partial charge is 0.384 e. The van der Waals surface area contributed by atoms with Crippen molar-refractivity contribution in [1.29, 1.82) is 0 Å². The molecule has 8 nitrogen and oxygen atoms in total. The summed E-state index contributed by atoms with van der Waals surface area (Å²) in [7, 11) is 0. The van der Waals surface area contributed by atoms with Crippen molar-refractivity contribution in [2.45, 2.75) is 76.2 Å². The van der Waals surface area contributed by atoms with Gasteiger partial charge in [0.1, 0.15) is 5.82 Å². The van der Waals surface area contributed by atoms with Crippen molar-refractivity contribution in [3.8, 4) is 0 Å². The minimum Gasteiger partial charge on any atom is -0.384 e. The van der Waals surface area contributed by atoms with Crippen molar-refractivity contribution in [2.24, 2.45) is 11.7 Å². The Labute approximate surface area is 224 Å². The van der Waals surface area contributed by atoms with Crippen LogP contribution in [0.4, 0.5) is 24.7 Å². The maximum atomic E-state index is 13.3. The molecule has 1 aromatic heterocycles. The number of primary amides is 1. The van der Waals surface area contributed by atoms with Gasteiger partial charge in [-0.05, 0) is 75.3 Å². The van der Waals surface area contributed by atoms with Gasteiger partial charge in [0.2, 0.25) is 0 Å². The number of pyridine rings is 1. The number of hydrogen-bond acceptors (Lipinski definition) is 6. The molecular formula is C28H32F3N5O3. The summed E-state index contributed by atoms with van der Waals surface area (Å²) in [6, 6.07) is 6.92. The lowest BCUT2D eigenvalue weighted by atomic mass is 9.95. The number of aromatic nitrogens is 1. The number of aryl methyl sites for hydroxylation is 1. The third-order valence-corrected chi connectivity index (χ3v) is 7.91. The second kappa shape index (κ2) is 10.5. The number of alkyl halides is 3. The van der Waals surface area contributed by atoms with Crippen LogP contribution in [0.5, 0.6) is 0 Å². The van der Waals surface area contributed by atoms with Gasteiger partial charge in [0.25, 0.3) is 11.8 Å². The Balaban J connectivity index is 1.25. The SMILES string of the molecule is Cc1cc(C(N)=O)c(NCCC(F)(F)F)cc1C(=O)NC1CC2CCC(C1)N2c1ccc(C(=O)C2CC2)cn1. The van der Waals surface area contributed by atoms with Gasteiger partial charge in [-0.2, -0.15) is 13.2 Å². The van der Waals surface area contributed by atoms with E-state index in [9.17, 15) is 27.6 Å². The summed E-state index contributed by atoms with van der Waals surface area (Å²) in [4.78, 5) is 44.3. The fraction of sp³-hybridized carbons (Fsp3) is 0.500. The third kappa shape index (κ3) is 6.02. The lowest BCUT2D eigenvalue weighted by Gasteiger charge is -2.40. The van der Waals surface area contributed by atoms with Crippen LogP contribution < -0.4 is 21.3 Å². The van der Waals surface area contributed by atoms with Crippen LogP contribution in [-0.4, -0.2) is 53.4 Å². The highest BCUT2D eigenvalue weighted by Crippen LogP contribution is 2.39. The van der Waals surface area contributed by atoms with Crippen molar-refractivity contribution in [3.05, 3.63) is 52.7 Å². The monoisotopic (exact) mass is 543 g/mol. The first kappa shape index (κ1) is 27.0. The average molecular weight is 544 g/mol. The first-order chi connectivity index (χ1) is 18.5. The molecule has 3 heterocycles. The van der Waals surface area contributed by atoms with Crippen LogP contribution in [-0.2, 0) is 0 Å². The topological polar surface area (TPSA) is 117 Å². The largest absolute Gasteiger partial charge is 0.390 e. The van der Waals surface area contributed by atoms with Gasteiger partial charge in [-0.3, -0.25) is 14.4 Å². The molecular weight excluding hydrogens is 511 g/mol. The first-order valence-corrected chi connectivity index (χ1v) is 13.3. The molecule has 2 aliphatic heterocycles. The lowest BCUT2D eigenvalue weighted by Crippen LogP contribution is -2.50. The van der Waals surface area contributed by atoms with Crippen LogP contribution in [0.25, 0.3) is 0 Å². The van der Waals surface area contributed by atoms with Gasteiger partial charge in [0, 0.05) is 53.6 Å². The molecule has 2 bridgehead atoms. The molecule has 208 valence electrons. The van der Waals surface area contributed by atoms with E-state index in [2.05, 4.69) is 20.5 Å². The molecule has 1 saturated carbocycles. The number of hydrogen-bond donors (Lipinski definition) is 3. The number of amides is 2. The van der Waals surface area contributed by atoms with Crippen LogP contribution in [0, 0.1) is 12.8 Å². The van der Waals surface area contributed by atoms with Gasteiger partial charge >= 0.3 is 6.18 Å². The highest BCUT2D eigenvalue weighted by molar-refractivity contribution is 6.03. The zero-order valence-electron chi connectivity index (χ0n) is 21.7. The molecule has 5 rings (SSSR count). The number of nitrogens with zero attached hydrogens (tertiary/aromatic N) is 2. The normalized spacial score (nSPS) is 22.5. The molecule has 2 atom stereocenters. The zero-order chi connectivity index (χ0) is 27.9. The number of halogens is 3. The van der Waals surface area contributed by atoms with Gasteiger partial charge in [0.05, 0.1) is 12.0 Å². The number of fused-ring (bicyclic) bond motifs is 2. The summed E-state index contributed by atoms with van der Waals surface area (Å²) in [6.07, 6.45) is 1.53. The minimum atomic E-state index is -4.36. The van der Waals surface area contributed by atoms with Crippen LogP contribution in [0.3, 0.4) is 0 Å². The second-order valence-corrected chi connectivity index (χ2v) is 10.8. The van der Waals surface area contributed by atoms with Gasteiger partial charge in [-0.25, -0.2) is 4.98 Å². The van der Waals surface area contributed by atoms with E-state index in [0.29, 0.717) is 11.1 Å². The lowest BCUT2D eigenvalue weighted by molar-refractivity contribution is -0.131. The number of rotatable bonds is 9. The number of nitrogens with one attached hydrogen (secondary N) is 2. The van der Waals surface area contributed by atoms with Crippen molar-refractivity contribution in [3.63, 3.8) is 0 Å². The Bertz CT molecular complexity index is 1260. The molecule has 39 heavy (non-hydrogen) atoms. The molecule has 0 radical (unpaired) electrons. The summed E-state index contributed by atoms with van der Waals surface area (Å²) in [5, 5.41) is 5.70. The maximum absolute atomic E-state index is 13.3. The highest BCUT2D eigenvalue weighted by atomic mass is 19.4. The van der Waals surface area contributed by atoms with Gasteiger partial charge in [0.15, 0.2) is 5.78 Å². The molecule has 3 aliphatic rings. The van der Waals surface area contributed by atoms with Crippen LogP contribution in [0.2, 0.25) is 0 Å². The van der Waals surface area contributed by atoms with Crippen LogP contribution in [0.1, 0.15) is 81.6 Å². The fourth-order valence-corrected chi connectivity index (χ4v) is 5.84. The maximum Gasteiger partial charge on any atom is 0.390 e. The summed E-state index contributed by atoms with van der Waals surface area (Å²) in [5.41, 5.74) is 7.01. The molecule has 0 spiro atoms. The number of nitrogens with two attached hydrogens (primary N) is 1. The number of anilines is 2. The fourth-order valence-electron chi connectivity index (χ4n) is 5.84. The predicted molar refractivity (Wildman–Crippen MR) is 140 cm³/mol. The Morgan fingerprint density at radius 1 is 1.05 bits per heavy atom. The highest BCUT2D eigenvalue weighted by Gasteiger charge is 2.42. The Morgan fingerprint density at radius 2 is 1.74 bits per heavy atom. The van der Waals surface area contributed by atoms with Crippen molar-refractivity contribution < 1.29 is 27.6 Å². The van der Waals surface area contributed by atoms with E-state index in [1.807, 2.05) is 12.1 Å². The Hall–Kier alpha value is -3.63. The molecule has 2 amide bonds. The number of ketones is 1. The molecule has 2 saturated heterocycles. The summed E-state index contributed by atoms with van der Waals surface area (Å²) < 4.78 is 37.9. The quantitative estimate of drug-likeness (QED) is 0.404. The molecule has 2 aromatic rings. The van der Waals surface area contributed by atoms with E-state index in [4.69, 9.17) is 5.73 Å². The Morgan fingerprint density at radius 3 is 2.31 bits per heavy atom. The zero-order valence-corrected chi connectivity index (χ0v) is 21.7. The molecule has 4 N–H and O–H groups in total. The third-order valence-electron chi connectivity index (χ3n) is 7.91. The second-order valence-electron chi connectivity index (χ2n) is 10.8. The van der Waals surface area contributed by atoms with E-state index < -0.39 is 25.0 Å². The van der Waals surface area contributed by atoms with Crippen LogP contribution >= 0.6 is 0 Å². The molecule has 2 unspecified atom stereocenters.